The number of halogens is 1. The van der Waals surface area contributed by atoms with Crippen LogP contribution < -0.4 is 10.1 Å². The minimum Gasteiger partial charge on any atom is -0.495 e. The summed E-state index contributed by atoms with van der Waals surface area (Å²) in [7, 11) is 1.53. The van der Waals surface area contributed by atoms with E-state index < -0.39 is 0 Å². The molecule has 6 nitrogen and oxygen atoms in total. The molecule has 1 fully saturated rings. The van der Waals surface area contributed by atoms with Gasteiger partial charge in [-0.15, -0.1) is 10.2 Å². The average molecular weight is 340 g/mol. The number of ether oxygens (including phenoxy) is 1. The molecule has 1 aliphatic carbocycles. The Morgan fingerprint density at radius 2 is 2.32 bits per heavy atom. The van der Waals surface area contributed by atoms with Gasteiger partial charge >= 0.3 is 0 Å². The quantitative estimate of drug-likeness (QED) is 0.813. The Labute approximate surface area is 136 Å². The van der Waals surface area contributed by atoms with Gasteiger partial charge in [0.15, 0.2) is 0 Å². The van der Waals surface area contributed by atoms with Gasteiger partial charge in [0.1, 0.15) is 5.75 Å². The molecule has 0 radical (unpaired) electrons. The van der Waals surface area contributed by atoms with E-state index in [1.807, 2.05) is 0 Å². The van der Waals surface area contributed by atoms with E-state index >= 15 is 0 Å². The van der Waals surface area contributed by atoms with Crippen molar-refractivity contribution in [2.45, 2.75) is 24.0 Å². The van der Waals surface area contributed by atoms with E-state index in [9.17, 15) is 4.79 Å². The molecule has 0 atom stereocenters. The van der Waals surface area contributed by atoms with Crippen LogP contribution in [0.1, 0.15) is 24.7 Å². The van der Waals surface area contributed by atoms with Crippen molar-refractivity contribution >= 4 is 35.0 Å². The van der Waals surface area contributed by atoms with Gasteiger partial charge in [-0.25, -0.2) is 0 Å². The lowest BCUT2D eigenvalue weighted by Crippen LogP contribution is -2.14. The number of anilines is 1. The molecule has 116 valence electrons. The molecule has 0 spiro atoms. The number of rotatable bonds is 6. The van der Waals surface area contributed by atoms with Crippen molar-refractivity contribution in [3.63, 3.8) is 0 Å². The summed E-state index contributed by atoms with van der Waals surface area (Å²) in [5, 5.41) is 11.6. The first-order valence-corrected chi connectivity index (χ1v) is 8.11. The van der Waals surface area contributed by atoms with E-state index in [4.69, 9.17) is 20.8 Å². The van der Waals surface area contributed by atoms with E-state index in [1.54, 1.807) is 18.2 Å². The number of carbonyl (C=O) groups excluding carboxylic acids is 1. The normalized spacial score (nSPS) is 13.9. The summed E-state index contributed by atoms with van der Waals surface area (Å²) in [6, 6.07) is 5.04. The number of methoxy groups -OCH3 is 1. The van der Waals surface area contributed by atoms with E-state index in [0.29, 0.717) is 33.5 Å². The highest BCUT2D eigenvalue weighted by Crippen LogP contribution is 2.39. The fraction of sp³-hybridized carbons (Fsp3) is 0.357. The van der Waals surface area contributed by atoms with Crippen molar-refractivity contribution in [1.29, 1.82) is 0 Å². The molecule has 1 amide bonds. The van der Waals surface area contributed by atoms with Gasteiger partial charge in [0.05, 0.1) is 18.6 Å². The summed E-state index contributed by atoms with van der Waals surface area (Å²) in [4.78, 5) is 12.0. The highest BCUT2D eigenvalue weighted by Gasteiger charge is 2.29. The highest BCUT2D eigenvalue weighted by molar-refractivity contribution is 7.99. The monoisotopic (exact) mass is 339 g/mol. The third kappa shape index (κ3) is 3.72. The van der Waals surface area contributed by atoms with Gasteiger partial charge in [-0.2, -0.15) is 0 Å². The molecule has 3 rings (SSSR count). The standard InChI is InChI=1S/C14H14ClN3O3S/c1-20-11-5-4-9(15)6-10(11)16-12(19)7-22-14-18-17-13(21-14)8-2-3-8/h4-6,8H,2-3,7H2,1H3,(H,16,19). The van der Waals surface area contributed by atoms with Crippen LogP contribution in [0.15, 0.2) is 27.8 Å². The van der Waals surface area contributed by atoms with Crippen molar-refractivity contribution in [2.75, 3.05) is 18.2 Å². The van der Waals surface area contributed by atoms with Crippen molar-refractivity contribution in [3.05, 3.63) is 29.1 Å². The third-order valence-electron chi connectivity index (χ3n) is 3.11. The molecular formula is C14H14ClN3O3S. The lowest BCUT2D eigenvalue weighted by molar-refractivity contribution is -0.113. The van der Waals surface area contributed by atoms with Crippen LogP contribution in [0.3, 0.4) is 0 Å². The Bertz CT molecular complexity index is 688. The van der Waals surface area contributed by atoms with Gasteiger partial charge in [0.25, 0.3) is 5.22 Å². The fourth-order valence-electron chi connectivity index (χ4n) is 1.87. The zero-order valence-electron chi connectivity index (χ0n) is 11.8. The SMILES string of the molecule is COc1ccc(Cl)cc1NC(=O)CSc1nnc(C2CC2)o1. The molecule has 1 aromatic carbocycles. The van der Waals surface area contributed by atoms with Crippen LogP contribution in [0.25, 0.3) is 0 Å². The molecule has 0 bridgehead atoms. The largest absolute Gasteiger partial charge is 0.495 e. The lowest BCUT2D eigenvalue weighted by Gasteiger charge is -2.09. The predicted octanol–water partition coefficient (Wildman–Crippen LogP) is 3.34. The molecule has 1 heterocycles. The Morgan fingerprint density at radius 1 is 1.50 bits per heavy atom. The van der Waals surface area contributed by atoms with Crippen LogP contribution in [0, 0.1) is 0 Å². The molecule has 1 saturated carbocycles. The number of benzene rings is 1. The minimum atomic E-state index is -0.197. The summed E-state index contributed by atoms with van der Waals surface area (Å²) in [6.45, 7) is 0. The number of nitrogens with one attached hydrogen (secondary N) is 1. The number of nitrogens with zero attached hydrogens (tertiary/aromatic N) is 2. The second-order valence-corrected chi connectivity index (χ2v) is 6.22. The highest BCUT2D eigenvalue weighted by atomic mass is 35.5. The topological polar surface area (TPSA) is 77.2 Å². The first-order valence-electron chi connectivity index (χ1n) is 6.75. The maximum atomic E-state index is 12.0. The Hall–Kier alpha value is -1.73. The van der Waals surface area contributed by atoms with Gasteiger partial charge in [0, 0.05) is 10.9 Å². The predicted molar refractivity (Wildman–Crippen MR) is 83.6 cm³/mol. The van der Waals surface area contributed by atoms with E-state index in [2.05, 4.69) is 15.5 Å². The maximum absolute atomic E-state index is 12.0. The molecule has 1 aliphatic rings. The minimum absolute atomic E-state index is 0.169. The van der Waals surface area contributed by atoms with E-state index in [0.717, 1.165) is 12.8 Å². The molecule has 0 unspecified atom stereocenters. The zero-order chi connectivity index (χ0) is 15.5. The smallest absolute Gasteiger partial charge is 0.277 e. The van der Waals surface area contributed by atoms with E-state index in [1.165, 1.54) is 18.9 Å². The van der Waals surface area contributed by atoms with Gasteiger partial charge in [0.2, 0.25) is 11.8 Å². The number of thioether (sulfide) groups is 1. The van der Waals surface area contributed by atoms with Crippen LogP contribution >= 0.6 is 23.4 Å². The molecule has 1 aromatic heterocycles. The van der Waals surface area contributed by atoms with Crippen molar-refractivity contribution in [3.8, 4) is 5.75 Å². The van der Waals surface area contributed by atoms with Gasteiger partial charge in [-0.1, -0.05) is 23.4 Å². The molecule has 8 heteroatoms. The summed E-state index contributed by atoms with van der Waals surface area (Å²) >= 11 is 7.13. The second-order valence-electron chi connectivity index (χ2n) is 4.86. The Morgan fingerprint density at radius 3 is 3.05 bits per heavy atom. The number of hydrogen-bond acceptors (Lipinski definition) is 6. The van der Waals surface area contributed by atoms with Gasteiger partial charge in [-0.05, 0) is 31.0 Å². The molecule has 0 saturated heterocycles. The average Bonchev–Trinajstić information content (AvgIpc) is 3.24. The first kappa shape index (κ1) is 15.2. The van der Waals surface area contributed by atoms with Gasteiger partial charge in [-0.3, -0.25) is 4.79 Å². The van der Waals surface area contributed by atoms with Crippen molar-refractivity contribution in [2.24, 2.45) is 0 Å². The van der Waals surface area contributed by atoms with Crippen molar-refractivity contribution < 1.29 is 13.9 Å². The summed E-state index contributed by atoms with van der Waals surface area (Å²) in [6.07, 6.45) is 2.20. The fourth-order valence-corrected chi connectivity index (χ4v) is 2.61. The van der Waals surface area contributed by atoms with Crippen LogP contribution in [0.2, 0.25) is 5.02 Å². The van der Waals surface area contributed by atoms with E-state index in [-0.39, 0.29) is 11.7 Å². The first-order chi connectivity index (χ1) is 10.7. The molecule has 1 N–H and O–H groups in total. The molecular weight excluding hydrogens is 326 g/mol. The number of carbonyl (C=O) groups is 1. The number of aromatic nitrogens is 2. The lowest BCUT2D eigenvalue weighted by atomic mass is 10.3. The Kier molecular flexibility index (Phi) is 4.54. The van der Waals surface area contributed by atoms with Gasteiger partial charge < -0.3 is 14.5 Å². The second kappa shape index (κ2) is 6.58. The zero-order valence-corrected chi connectivity index (χ0v) is 13.4. The van der Waals surface area contributed by atoms with Crippen LogP contribution in [-0.4, -0.2) is 29.0 Å². The third-order valence-corrected chi connectivity index (χ3v) is 4.16. The maximum Gasteiger partial charge on any atom is 0.277 e. The summed E-state index contributed by atoms with van der Waals surface area (Å²) in [5.74, 6) is 1.60. The van der Waals surface area contributed by atoms with Crippen LogP contribution in [0.5, 0.6) is 5.75 Å². The molecule has 2 aromatic rings. The summed E-state index contributed by atoms with van der Waals surface area (Å²) in [5.41, 5.74) is 0.532. The van der Waals surface area contributed by atoms with Crippen LogP contribution in [-0.2, 0) is 4.79 Å². The van der Waals surface area contributed by atoms with Crippen LogP contribution in [0.4, 0.5) is 5.69 Å². The molecule has 22 heavy (non-hydrogen) atoms. The Balaban J connectivity index is 1.56. The number of hydrogen-bond donors (Lipinski definition) is 1. The van der Waals surface area contributed by atoms with Crippen molar-refractivity contribution in [1.82, 2.24) is 10.2 Å². The molecule has 0 aliphatic heterocycles. The summed E-state index contributed by atoms with van der Waals surface area (Å²) < 4.78 is 10.7. The number of amides is 1.